The highest BCUT2D eigenvalue weighted by molar-refractivity contribution is 5.97. The van der Waals surface area contributed by atoms with E-state index in [-0.39, 0.29) is 36.1 Å². The molecule has 2 atom stereocenters. The lowest BCUT2D eigenvalue weighted by molar-refractivity contribution is -0.140. The lowest BCUT2D eigenvalue weighted by Gasteiger charge is -2.35. The molecule has 2 aromatic rings. The van der Waals surface area contributed by atoms with Crippen molar-refractivity contribution in [1.29, 1.82) is 5.41 Å². The van der Waals surface area contributed by atoms with Crippen LogP contribution in [0.4, 0.5) is 23.1 Å². The first-order valence-corrected chi connectivity index (χ1v) is 10.2. The zero-order chi connectivity index (χ0) is 24.8. The number of carbonyl (C=O) groups excluding carboxylic acids is 1. The highest BCUT2D eigenvalue weighted by Crippen LogP contribution is 2.25. The third-order valence-electron chi connectivity index (χ3n) is 5.15. The largest absolute Gasteiger partial charge is 0.481 e. The summed E-state index contributed by atoms with van der Waals surface area (Å²) in [7, 11) is 0. The Bertz CT molecular complexity index is 1150. The van der Waals surface area contributed by atoms with Gasteiger partial charge in [-0.15, -0.1) is 0 Å². The summed E-state index contributed by atoms with van der Waals surface area (Å²) in [6.45, 7) is 0.728. The number of fused-ring (bicyclic) bond motifs is 1. The van der Waals surface area contributed by atoms with Gasteiger partial charge < -0.3 is 36.8 Å². The number of aromatic nitrogens is 2. The van der Waals surface area contributed by atoms with Crippen molar-refractivity contribution in [1.82, 2.24) is 15.3 Å². The van der Waals surface area contributed by atoms with Gasteiger partial charge in [-0.25, -0.2) is 4.79 Å². The molecule has 180 valence electrons. The normalized spacial score (nSPS) is 15.4. The summed E-state index contributed by atoms with van der Waals surface area (Å²) < 4.78 is 0. The first-order chi connectivity index (χ1) is 16.2. The summed E-state index contributed by atoms with van der Waals surface area (Å²) in [5.41, 5.74) is 6.14. The van der Waals surface area contributed by atoms with Crippen LogP contribution in [0.25, 0.3) is 0 Å². The van der Waals surface area contributed by atoms with Crippen molar-refractivity contribution in [3.63, 3.8) is 0 Å². The number of aliphatic carboxylic acids is 2. The van der Waals surface area contributed by atoms with Crippen molar-refractivity contribution in [3.8, 4) is 0 Å². The molecular formula is C20H24N8O6. The Hall–Kier alpha value is -4.62. The molecule has 34 heavy (non-hydrogen) atoms. The summed E-state index contributed by atoms with van der Waals surface area (Å²) in [5, 5.41) is 34.1. The van der Waals surface area contributed by atoms with Crippen molar-refractivity contribution in [2.75, 3.05) is 34.4 Å². The van der Waals surface area contributed by atoms with Gasteiger partial charge in [0, 0.05) is 30.8 Å². The number of rotatable bonds is 10. The fourth-order valence-electron chi connectivity index (χ4n) is 3.42. The molecule has 14 heteroatoms. The monoisotopic (exact) mass is 472 g/mol. The molecule has 0 unspecified atom stereocenters. The number of benzene rings is 1. The number of hydrogen-bond donors (Lipinski definition) is 8. The summed E-state index contributed by atoms with van der Waals surface area (Å²) >= 11 is 0. The highest BCUT2D eigenvalue weighted by Gasteiger charge is 2.29. The van der Waals surface area contributed by atoms with Gasteiger partial charge in [-0.1, -0.05) is 0 Å². The minimum Gasteiger partial charge on any atom is -0.481 e. The first-order valence-electron chi connectivity index (χ1n) is 10.2. The molecular weight excluding hydrogens is 448 g/mol. The second-order valence-electron chi connectivity index (χ2n) is 7.47. The van der Waals surface area contributed by atoms with Crippen LogP contribution in [0.1, 0.15) is 23.2 Å². The Morgan fingerprint density at radius 3 is 2.62 bits per heavy atom. The average Bonchev–Trinajstić information content (AvgIpc) is 2.79. The Kier molecular flexibility index (Phi) is 7.30. The number of nitrogens with one attached hydrogen (secondary N) is 5. The SMILES string of the molecule is N=CN1c2c(nc(N)[nH]c2=O)NC[C@@H]1CNc1ccc(C(=O)N[C@@H](CCC(=O)O)C(=O)O)cc1. The molecule has 9 N–H and O–H groups in total. The van der Waals surface area contributed by atoms with Crippen LogP contribution in [0.3, 0.4) is 0 Å². The van der Waals surface area contributed by atoms with Gasteiger partial charge in [0.25, 0.3) is 11.5 Å². The zero-order valence-electron chi connectivity index (χ0n) is 17.9. The average molecular weight is 472 g/mol. The quantitative estimate of drug-likeness (QED) is 0.166. The number of nitrogens with two attached hydrogens (primary N) is 1. The molecule has 0 radical (unpaired) electrons. The molecule has 0 saturated carbocycles. The summed E-state index contributed by atoms with van der Waals surface area (Å²) in [4.78, 5) is 54.5. The topological polar surface area (TPSA) is 227 Å². The van der Waals surface area contributed by atoms with Gasteiger partial charge in [-0.3, -0.25) is 24.8 Å². The van der Waals surface area contributed by atoms with E-state index in [0.29, 0.717) is 24.6 Å². The fourth-order valence-corrected chi connectivity index (χ4v) is 3.42. The fraction of sp³-hybridized carbons (Fsp3) is 0.300. The van der Waals surface area contributed by atoms with E-state index in [4.69, 9.17) is 16.2 Å². The standard InChI is InChI=1S/C20H24N8O6/c21-9-28-12(8-24-16-15(28)18(32)27-20(22)26-16)7-23-11-3-1-10(2-4-11)17(31)25-13(19(33)34)5-6-14(29)30/h1-4,9,12-13,21,23H,5-8H2,(H,25,31)(H,29,30)(H,33,34)(H4,22,24,26,27,32)/t12-,13-/m0/s1. The van der Waals surface area contributed by atoms with Crippen LogP contribution < -0.4 is 32.1 Å². The van der Waals surface area contributed by atoms with E-state index >= 15 is 0 Å². The van der Waals surface area contributed by atoms with E-state index in [2.05, 4.69) is 25.9 Å². The summed E-state index contributed by atoms with van der Waals surface area (Å²) in [6, 6.07) is 4.61. The van der Waals surface area contributed by atoms with Crippen LogP contribution in [-0.4, -0.2) is 69.5 Å². The minimum atomic E-state index is -1.32. The molecule has 1 aromatic carbocycles. The second kappa shape index (κ2) is 10.3. The van der Waals surface area contributed by atoms with Crippen LogP contribution in [0.15, 0.2) is 29.1 Å². The van der Waals surface area contributed by atoms with Crippen molar-refractivity contribution in [2.45, 2.75) is 24.9 Å². The Balaban J connectivity index is 1.62. The van der Waals surface area contributed by atoms with Gasteiger partial charge in [0.15, 0.2) is 11.5 Å². The van der Waals surface area contributed by atoms with E-state index in [9.17, 15) is 24.3 Å². The van der Waals surface area contributed by atoms with Gasteiger partial charge in [0.2, 0.25) is 5.95 Å². The van der Waals surface area contributed by atoms with Crippen LogP contribution >= 0.6 is 0 Å². The number of amides is 1. The van der Waals surface area contributed by atoms with E-state index in [1.165, 1.54) is 17.0 Å². The third-order valence-corrected chi connectivity index (χ3v) is 5.15. The number of nitrogen functional groups attached to an aromatic ring is 1. The van der Waals surface area contributed by atoms with Crippen LogP contribution in [-0.2, 0) is 9.59 Å². The number of aromatic amines is 1. The zero-order valence-corrected chi connectivity index (χ0v) is 17.9. The first kappa shape index (κ1) is 24.0. The summed E-state index contributed by atoms with van der Waals surface area (Å²) in [6.07, 6.45) is 0.418. The Morgan fingerprint density at radius 1 is 1.29 bits per heavy atom. The van der Waals surface area contributed by atoms with Crippen LogP contribution in [0.5, 0.6) is 0 Å². The molecule has 0 aliphatic carbocycles. The second-order valence-corrected chi connectivity index (χ2v) is 7.47. The Labute approximate surface area is 192 Å². The van der Waals surface area contributed by atoms with Crippen molar-refractivity contribution >= 4 is 47.3 Å². The van der Waals surface area contributed by atoms with Gasteiger partial charge in [0.05, 0.1) is 12.4 Å². The molecule has 0 spiro atoms. The van der Waals surface area contributed by atoms with Gasteiger partial charge in [0.1, 0.15) is 6.04 Å². The molecule has 14 nitrogen and oxygen atoms in total. The number of carbonyl (C=O) groups is 3. The van der Waals surface area contributed by atoms with Crippen LogP contribution in [0, 0.1) is 5.41 Å². The number of nitrogens with zero attached hydrogens (tertiary/aromatic N) is 2. The highest BCUT2D eigenvalue weighted by atomic mass is 16.4. The van der Waals surface area contributed by atoms with Gasteiger partial charge >= 0.3 is 11.9 Å². The minimum absolute atomic E-state index is 0.0292. The lowest BCUT2D eigenvalue weighted by atomic mass is 10.1. The molecule has 2 heterocycles. The maximum Gasteiger partial charge on any atom is 0.326 e. The molecule has 1 aromatic heterocycles. The number of H-pyrrole nitrogens is 1. The predicted octanol–water partition coefficient (Wildman–Crippen LogP) is -0.280. The molecule has 1 aliphatic heterocycles. The summed E-state index contributed by atoms with van der Waals surface area (Å²) in [5.74, 6) is -2.85. The number of carboxylic acid groups (broad SMARTS) is 2. The predicted molar refractivity (Wildman–Crippen MR) is 124 cm³/mol. The van der Waals surface area contributed by atoms with E-state index in [1.807, 2.05) is 0 Å². The van der Waals surface area contributed by atoms with Crippen molar-refractivity contribution in [2.24, 2.45) is 0 Å². The van der Waals surface area contributed by atoms with Gasteiger partial charge in [-0.2, -0.15) is 4.98 Å². The van der Waals surface area contributed by atoms with Crippen molar-refractivity contribution in [3.05, 3.63) is 40.2 Å². The molecule has 0 saturated heterocycles. The van der Waals surface area contributed by atoms with Crippen LogP contribution in [0.2, 0.25) is 0 Å². The molecule has 0 fully saturated rings. The lowest BCUT2D eigenvalue weighted by Crippen LogP contribution is -2.49. The molecule has 3 rings (SSSR count). The smallest absolute Gasteiger partial charge is 0.326 e. The van der Waals surface area contributed by atoms with Gasteiger partial charge in [-0.05, 0) is 30.7 Å². The maximum atomic E-state index is 12.3. The Morgan fingerprint density at radius 2 is 2.00 bits per heavy atom. The molecule has 1 aliphatic rings. The number of anilines is 4. The van der Waals surface area contributed by atoms with E-state index < -0.39 is 29.4 Å². The van der Waals surface area contributed by atoms with E-state index in [0.717, 1.165) is 6.34 Å². The van der Waals surface area contributed by atoms with E-state index in [1.54, 1.807) is 12.1 Å². The maximum absolute atomic E-state index is 12.3. The molecule has 1 amide bonds. The number of carboxylic acids is 2. The van der Waals surface area contributed by atoms with Crippen molar-refractivity contribution < 1.29 is 24.6 Å². The third kappa shape index (κ3) is 5.59. The molecule has 0 bridgehead atoms. The number of hydrogen-bond acceptors (Lipinski definition) is 9.